The monoisotopic (exact) mass is 339 g/mol. The van der Waals surface area contributed by atoms with E-state index in [1.54, 1.807) is 0 Å². The average Bonchev–Trinajstić information content (AvgIpc) is 2.94. The zero-order valence-electron chi connectivity index (χ0n) is 15.3. The molecular formula is C21H25NO3. The molecule has 132 valence electrons. The lowest BCUT2D eigenvalue weighted by molar-refractivity contribution is 0.0950. The number of amides is 1. The summed E-state index contributed by atoms with van der Waals surface area (Å²) < 4.78 is 11.6. The normalized spacial score (nSPS) is 15.4. The number of carbonyl (C=O) groups excluding carboxylic acids is 1. The third kappa shape index (κ3) is 3.63. The SMILES string of the molecule is CCOc1cc2c(cc1CNC(=O)c1cccc(C)c1C)OC(C)C2. The lowest BCUT2D eigenvalue weighted by Gasteiger charge is -2.14. The third-order valence-electron chi connectivity index (χ3n) is 4.67. The smallest absolute Gasteiger partial charge is 0.251 e. The van der Waals surface area contributed by atoms with E-state index in [4.69, 9.17) is 9.47 Å². The third-order valence-corrected chi connectivity index (χ3v) is 4.67. The molecule has 1 aliphatic rings. The number of hydrogen-bond acceptors (Lipinski definition) is 3. The standard InChI is InChI=1S/C21H25NO3/c1-5-24-19-10-16-9-14(3)25-20(16)11-17(19)12-22-21(23)18-8-6-7-13(2)15(18)4/h6-8,10-11,14H,5,9,12H2,1-4H3,(H,22,23). The molecule has 1 aliphatic heterocycles. The van der Waals surface area contributed by atoms with Gasteiger partial charge in [0, 0.05) is 29.7 Å². The Balaban J connectivity index is 1.79. The molecule has 0 radical (unpaired) electrons. The van der Waals surface area contributed by atoms with Crippen LogP contribution in [-0.4, -0.2) is 18.6 Å². The molecule has 3 rings (SSSR count). The maximum absolute atomic E-state index is 12.6. The maximum atomic E-state index is 12.6. The van der Waals surface area contributed by atoms with E-state index in [0.29, 0.717) is 18.7 Å². The summed E-state index contributed by atoms with van der Waals surface area (Å²) in [6, 6.07) is 9.81. The minimum atomic E-state index is -0.0709. The Hall–Kier alpha value is -2.49. The highest BCUT2D eigenvalue weighted by Gasteiger charge is 2.22. The Labute approximate surface area is 149 Å². The van der Waals surface area contributed by atoms with E-state index >= 15 is 0 Å². The maximum Gasteiger partial charge on any atom is 0.251 e. The van der Waals surface area contributed by atoms with Gasteiger partial charge in [0.15, 0.2) is 0 Å². The molecule has 0 spiro atoms. The van der Waals surface area contributed by atoms with Crippen molar-refractivity contribution in [2.75, 3.05) is 6.61 Å². The van der Waals surface area contributed by atoms with Gasteiger partial charge in [-0.25, -0.2) is 0 Å². The van der Waals surface area contributed by atoms with Crippen LogP contribution in [0.1, 0.15) is 46.5 Å². The second kappa shape index (κ2) is 7.18. The van der Waals surface area contributed by atoms with Crippen molar-refractivity contribution in [1.29, 1.82) is 0 Å². The number of aryl methyl sites for hydroxylation is 1. The molecular weight excluding hydrogens is 314 g/mol. The fraction of sp³-hybridized carbons (Fsp3) is 0.381. The van der Waals surface area contributed by atoms with Crippen LogP contribution in [0, 0.1) is 13.8 Å². The predicted octanol–water partition coefficient (Wildman–Crippen LogP) is 3.96. The molecule has 1 heterocycles. The minimum absolute atomic E-state index is 0.0709. The van der Waals surface area contributed by atoms with E-state index < -0.39 is 0 Å². The van der Waals surface area contributed by atoms with Crippen LogP contribution in [0.4, 0.5) is 0 Å². The van der Waals surface area contributed by atoms with Crippen molar-refractivity contribution in [3.8, 4) is 11.5 Å². The van der Waals surface area contributed by atoms with Gasteiger partial charge in [0.2, 0.25) is 0 Å². The average molecular weight is 339 g/mol. The largest absolute Gasteiger partial charge is 0.494 e. The zero-order valence-corrected chi connectivity index (χ0v) is 15.3. The van der Waals surface area contributed by atoms with Gasteiger partial charge in [0.1, 0.15) is 17.6 Å². The van der Waals surface area contributed by atoms with Gasteiger partial charge in [-0.2, -0.15) is 0 Å². The molecule has 1 N–H and O–H groups in total. The Kier molecular flexibility index (Phi) is 4.98. The summed E-state index contributed by atoms with van der Waals surface area (Å²) in [5.74, 6) is 1.64. The number of nitrogens with one attached hydrogen (secondary N) is 1. The molecule has 1 unspecified atom stereocenters. The van der Waals surface area contributed by atoms with Crippen LogP contribution < -0.4 is 14.8 Å². The molecule has 4 heteroatoms. The van der Waals surface area contributed by atoms with E-state index in [9.17, 15) is 4.79 Å². The lowest BCUT2D eigenvalue weighted by Crippen LogP contribution is -2.24. The lowest BCUT2D eigenvalue weighted by atomic mass is 10.0. The van der Waals surface area contributed by atoms with Gasteiger partial charge < -0.3 is 14.8 Å². The molecule has 0 saturated heterocycles. The number of benzene rings is 2. The van der Waals surface area contributed by atoms with Crippen LogP contribution in [0.25, 0.3) is 0 Å². The number of ether oxygens (including phenoxy) is 2. The van der Waals surface area contributed by atoms with E-state index in [0.717, 1.165) is 34.6 Å². The Bertz CT molecular complexity index is 798. The second-order valence-electron chi connectivity index (χ2n) is 6.56. The summed E-state index contributed by atoms with van der Waals surface area (Å²) in [7, 11) is 0. The van der Waals surface area contributed by atoms with Crippen molar-refractivity contribution >= 4 is 5.91 Å². The van der Waals surface area contributed by atoms with Crippen molar-refractivity contribution in [2.24, 2.45) is 0 Å². The minimum Gasteiger partial charge on any atom is -0.494 e. The van der Waals surface area contributed by atoms with Gasteiger partial charge in [-0.15, -0.1) is 0 Å². The van der Waals surface area contributed by atoms with Crippen LogP contribution in [0.5, 0.6) is 11.5 Å². The molecule has 25 heavy (non-hydrogen) atoms. The summed E-state index contributed by atoms with van der Waals surface area (Å²) >= 11 is 0. The fourth-order valence-electron chi connectivity index (χ4n) is 3.18. The molecule has 2 aromatic rings. The second-order valence-corrected chi connectivity index (χ2v) is 6.56. The first kappa shape index (κ1) is 17.3. The first-order chi connectivity index (χ1) is 12.0. The van der Waals surface area contributed by atoms with Crippen molar-refractivity contribution in [3.05, 3.63) is 58.1 Å². The number of carbonyl (C=O) groups is 1. The van der Waals surface area contributed by atoms with Crippen molar-refractivity contribution in [1.82, 2.24) is 5.32 Å². The van der Waals surface area contributed by atoms with Crippen LogP contribution in [0.2, 0.25) is 0 Å². The molecule has 2 aromatic carbocycles. The van der Waals surface area contributed by atoms with Gasteiger partial charge in [-0.3, -0.25) is 4.79 Å². The quantitative estimate of drug-likeness (QED) is 0.897. The molecule has 0 aromatic heterocycles. The van der Waals surface area contributed by atoms with Gasteiger partial charge in [-0.05, 0) is 57.0 Å². The Morgan fingerprint density at radius 2 is 2.12 bits per heavy atom. The first-order valence-electron chi connectivity index (χ1n) is 8.79. The summed E-state index contributed by atoms with van der Waals surface area (Å²) in [5.41, 5.74) is 4.94. The molecule has 0 aliphatic carbocycles. The molecule has 0 fully saturated rings. The number of rotatable bonds is 5. The van der Waals surface area contributed by atoms with Crippen molar-refractivity contribution in [2.45, 2.75) is 46.8 Å². The topological polar surface area (TPSA) is 47.6 Å². The van der Waals surface area contributed by atoms with Gasteiger partial charge in [-0.1, -0.05) is 12.1 Å². The highest BCUT2D eigenvalue weighted by Crippen LogP contribution is 2.35. The Morgan fingerprint density at radius 3 is 2.88 bits per heavy atom. The van der Waals surface area contributed by atoms with Crippen molar-refractivity contribution < 1.29 is 14.3 Å². The van der Waals surface area contributed by atoms with Crippen LogP contribution >= 0.6 is 0 Å². The molecule has 0 bridgehead atoms. The van der Waals surface area contributed by atoms with Gasteiger partial charge in [0.25, 0.3) is 5.91 Å². The number of fused-ring (bicyclic) bond motifs is 1. The summed E-state index contributed by atoms with van der Waals surface area (Å²) in [4.78, 5) is 12.6. The summed E-state index contributed by atoms with van der Waals surface area (Å²) in [6.07, 6.45) is 1.08. The van der Waals surface area contributed by atoms with Gasteiger partial charge in [0.05, 0.1) is 6.61 Å². The van der Waals surface area contributed by atoms with E-state index in [1.165, 1.54) is 5.56 Å². The highest BCUT2D eigenvalue weighted by atomic mass is 16.5. The van der Waals surface area contributed by atoms with E-state index in [2.05, 4.69) is 12.2 Å². The zero-order chi connectivity index (χ0) is 18.0. The summed E-state index contributed by atoms with van der Waals surface area (Å²) in [6.45, 7) is 9.01. The highest BCUT2D eigenvalue weighted by molar-refractivity contribution is 5.95. The fourth-order valence-corrected chi connectivity index (χ4v) is 3.18. The van der Waals surface area contributed by atoms with Crippen molar-refractivity contribution in [3.63, 3.8) is 0 Å². The summed E-state index contributed by atoms with van der Waals surface area (Å²) in [5, 5.41) is 3.01. The van der Waals surface area contributed by atoms with Crippen LogP contribution in [-0.2, 0) is 13.0 Å². The number of hydrogen-bond donors (Lipinski definition) is 1. The van der Waals surface area contributed by atoms with Crippen LogP contribution in [0.3, 0.4) is 0 Å². The van der Waals surface area contributed by atoms with Gasteiger partial charge >= 0.3 is 0 Å². The Morgan fingerprint density at radius 1 is 1.32 bits per heavy atom. The molecule has 4 nitrogen and oxygen atoms in total. The molecule has 1 atom stereocenters. The molecule has 1 amide bonds. The molecule has 0 saturated carbocycles. The van der Waals surface area contributed by atoms with E-state index in [-0.39, 0.29) is 12.0 Å². The first-order valence-corrected chi connectivity index (χ1v) is 8.79. The van der Waals surface area contributed by atoms with E-state index in [1.807, 2.05) is 51.1 Å². The predicted molar refractivity (Wildman–Crippen MR) is 98.5 cm³/mol. The van der Waals surface area contributed by atoms with Crippen LogP contribution in [0.15, 0.2) is 30.3 Å².